The van der Waals surface area contributed by atoms with Crippen molar-refractivity contribution < 1.29 is 4.39 Å². The molecule has 0 heterocycles. The number of halogens is 3. The van der Waals surface area contributed by atoms with Gasteiger partial charge in [-0.3, -0.25) is 0 Å². The van der Waals surface area contributed by atoms with Crippen LogP contribution in [0.4, 0.5) is 4.39 Å². The second-order valence-corrected chi connectivity index (χ2v) is 5.43. The van der Waals surface area contributed by atoms with E-state index >= 15 is 0 Å². The average Bonchev–Trinajstić information content (AvgIpc) is 2.43. The zero-order valence-electron chi connectivity index (χ0n) is 11.2. The van der Waals surface area contributed by atoms with Crippen LogP contribution in [0, 0.1) is 5.82 Å². The zero-order chi connectivity index (χ0) is 14.5. The Morgan fingerprint density at radius 1 is 1.05 bits per heavy atom. The molecule has 1 atom stereocenters. The Balaban J connectivity index is 2.20. The van der Waals surface area contributed by atoms with Crippen molar-refractivity contribution >= 4 is 23.2 Å². The second kappa shape index (κ2) is 7.07. The number of benzene rings is 2. The SMILES string of the molecule is CCNC(Cc1ccc(Cl)c(Cl)c1)c1ccc(F)cc1. The molecule has 2 aromatic rings. The number of hydrogen-bond acceptors (Lipinski definition) is 1. The molecule has 1 N–H and O–H groups in total. The molecule has 2 rings (SSSR count). The van der Waals surface area contributed by atoms with Crippen LogP contribution in [0.25, 0.3) is 0 Å². The van der Waals surface area contributed by atoms with E-state index < -0.39 is 0 Å². The summed E-state index contributed by atoms with van der Waals surface area (Å²) < 4.78 is 13.0. The maximum Gasteiger partial charge on any atom is 0.123 e. The molecular weight excluding hydrogens is 296 g/mol. The first-order valence-corrected chi connectivity index (χ1v) is 7.28. The number of nitrogens with one attached hydrogen (secondary N) is 1. The maximum atomic E-state index is 13.0. The van der Waals surface area contributed by atoms with Gasteiger partial charge in [0.15, 0.2) is 0 Å². The maximum absolute atomic E-state index is 13.0. The molecule has 4 heteroatoms. The van der Waals surface area contributed by atoms with Crippen LogP contribution in [0.2, 0.25) is 10.0 Å². The third-order valence-corrected chi connectivity index (χ3v) is 3.89. The molecule has 20 heavy (non-hydrogen) atoms. The third kappa shape index (κ3) is 3.95. The molecule has 106 valence electrons. The van der Waals surface area contributed by atoms with Crippen LogP contribution in [0.3, 0.4) is 0 Å². The van der Waals surface area contributed by atoms with E-state index in [0.29, 0.717) is 10.0 Å². The van der Waals surface area contributed by atoms with Crippen LogP contribution >= 0.6 is 23.2 Å². The highest BCUT2D eigenvalue weighted by Gasteiger charge is 2.12. The van der Waals surface area contributed by atoms with Crippen molar-refractivity contribution in [3.63, 3.8) is 0 Å². The summed E-state index contributed by atoms with van der Waals surface area (Å²) in [5, 5.41) is 4.51. The van der Waals surface area contributed by atoms with Gasteiger partial charge in [0.05, 0.1) is 10.0 Å². The normalized spacial score (nSPS) is 12.4. The summed E-state index contributed by atoms with van der Waals surface area (Å²) in [4.78, 5) is 0. The molecule has 1 unspecified atom stereocenters. The van der Waals surface area contributed by atoms with Crippen molar-refractivity contribution in [2.45, 2.75) is 19.4 Å². The molecule has 1 nitrogen and oxygen atoms in total. The Labute approximate surface area is 128 Å². The topological polar surface area (TPSA) is 12.0 Å². The fourth-order valence-corrected chi connectivity index (χ4v) is 2.47. The van der Waals surface area contributed by atoms with E-state index in [2.05, 4.69) is 5.32 Å². The highest BCUT2D eigenvalue weighted by Crippen LogP contribution is 2.25. The van der Waals surface area contributed by atoms with Gasteiger partial charge in [-0.05, 0) is 48.4 Å². The van der Waals surface area contributed by atoms with Crippen LogP contribution < -0.4 is 5.32 Å². The van der Waals surface area contributed by atoms with Gasteiger partial charge in [-0.25, -0.2) is 4.39 Å². The van der Waals surface area contributed by atoms with Crippen LogP contribution in [-0.4, -0.2) is 6.54 Å². The fraction of sp³-hybridized carbons (Fsp3) is 0.250. The molecular formula is C16H16Cl2FN. The fourth-order valence-electron chi connectivity index (χ4n) is 2.15. The van der Waals surface area contributed by atoms with Crippen molar-refractivity contribution in [1.82, 2.24) is 5.32 Å². The van der Waals surface area contributed by atoms with Crippen molar-refractivity contribution in [3.8, 4) is 0 Å². The Morgan fingerprint density at radius 2 is 1.75 bits per heavy atom. The minimum absolute atomic E-state index is 0.123. The van der Waals surface area contributed by atoms with Crippen molar-refractivity contribution in [2.75, 3.05) is 6.54 Å². The van der Waals surface area contributed by atoms with Crippen molar-refractivity contribution in [2.24, 2.45) is 0 Å². The van der Waals surface area contributed by atoms with Crippen molar-refractivity contribution in [3.05, 3.63) is 69.5 Å². The van der Waals surface area contributed by atoms with Crippen LogP contribution in [0.1, 0.15) is 24.1 Å². The van der Waals surface area contributed by atoms with Crippen LogP contribution in [0.5, 0.6) is 0 Å². The van der Waals surface area contributed by atoms with E-state index in [9.17, 15) is 4.39 Å². The Bertz CT molecular complexity index is 569. The minimum atomic E-state index is -0.224. The lowest BCUT2D eigenvalue weighted by Crippen LogP contribution is -2.22. The van der Waals surface area contributed by atoms with Gasteiger partial charge in [0.2, 0.25) is 0 Å². The number of likely N-dealkylation sites (N-methyl/N-ethyl adjacent to an activating group) is 1. The van der Waals surface area contributed by atoms with Gasteiger partial charge in [0, 0.05) is 6.04 Å². The first-order valence-electron chi connectivity index (χ1n) is 6.53. The molecule has 0 radical (unpaired) electrons. The molecule has 0 aliphatic carbocycles. The van der Waals surface area contributed by atoms with E-state index in [0.717, 1.165) is 24.1 Å². The standard InChI is InChI=1S/C16H16Cl2FN/c1-2-20-16(12-4-6-13(19)7-5-12)10-11-3-8-14(17)15(18)9-11/h3-9,16,20H,2,10H2,1H3. The summed E-state index contributed by atoms with van der Waals surface area (Å²) in [5.74, 6) is -0.224. The molecule has 0 saturated carbocycles. The lowest BCUT2D eigenvalue weighted by atomic mass is 9.99. The van der Waals surface area contributed by atoms with Crippen molar-refractivity contribution in [1.29, 1.82) is 0 Å². The summed E-state index contributed by atoms with van der Waals surface area (Å²) in [7, 11) is 0. The van der Waals surface area contributed by atoms with Gasteiger partial charge in [-0.15, -0.1) is 0 Å². The lowest BCUT2D eigenvalue weighted by molar-refractivity contribution is 0.547. The van der Waals surface area contributed by atoms with Gasteiger partial charge >= 0.3 is 0 Å². The highest BCUT2D eigenvalue weighted by atomic mass is 35.5. The van der Waals surface area contributed by atoms with Crippen LogP contribution in [-0.2, 0) is 6.42 Å². The lowest BCUT2D eigenvalue weighted by Gasteiger charge is -2.19. The van der Waals surface area contributed by atoms with E-state index in [-0.39, 0.29) is 11.9 Å². The summed E-state index contributed by atoms with van der Waals surface area (Å²) in [6.07, 6.45) is 0.774. The number of rotatable bonds is 5. The monoisotopic (exact) mass is 311 g/mol. The molecule has 0 aliphatic heterocycles. The average molecular weight is 312 g/mol. The Kier molecular flexibility index (Phi) is 5.41. The summed E-state index contributed by atoms with van der Waals surface area (Å²) in [6.45, 7) is 2.88. The van der Waals surface area contributed by atoms with E-state index in [4.69, 9.17) is 23.2 Å². The summed E-state index contributed by atoms with van der Waals surface area (Å²) in [5.41, 5.74) is 2.15. The van der Waals surface area contributed by atoms with Gasteiger partial charge < -0.3 is 5.32 Å². The van der Waals surface area contributed by atoms with Gasteiger partial charge in [-0.2, -0.15) is 0 Å². The smallest absolute Gasteiger partial charge is 0.123 e. The molecule has 0 aromatic heterocycles. The predicted molar refractivity (Wildman–Crippen MR) is 83.0 cm³/mol. The van der Waals surface area contributed by atoms with E-state index in [1.807, 2.05) is 19.1 Å². The molecule has 0 amide bonds. The first kappa shape index (κ1) is 15.3. The molecule has 2 aromatic carbocycles. The van der Waals surface area contributed by atoms with Gasteiger partial charge in [-0.1, -0.05) is 48.3 Å². The number of hydrogen-bond donors (Lipinski definition) is 1. The van der Waals surface area contributed by atoms with Gasteiger partial charge in [0.25, 0.3) is 0 Å². The van der Waals surface area contributed by atoms with E-state index in [1.165, 1.54) is 12.1 Å². The van der Waals surface area contributed by atoms with Gasteiger partial charge in [0.1, 0.15) is 5.82 Å². The zero-order valence-corrected chi connectivity index (χ0v) is 12.7. The highest BCUT2D eigenvalue weighted by molar-refractivity contribution is 6.42. The molecule has 0 bridgehead atoms. The predicted octanol–water partition coefficient (Wildman–Crippen LogP) is 5.03. The summed E-state index contributed by atoms with van der Waals surface area (Å²) in [6, 6.07) is 12.3. The van der Waals surface area contributed by atoms with E-state index in [1.54, 1.807) is 18.2 Å². The largest absolute Gasteiger partial charge is 0.310 e. The minimum Gasteiger partial charge on any atom is -0.310 e. The quantitative estimate of drug-likeness (QED) is 0.817. The first-order chi connectivity index (χ1) is 9.60. The third-order valence-electron chi connectivity index (χ3n) is 3.15. The Morgan fingerprint density at radius 3 is 2.35 bits per heavy atom. The second-order valence-electron chi connectivity index (χ2n) is 4.61. The molecule has 0 saturated heterocycles. The molecule has 0 aliphatic rings. The Hall–Kier alpha value is -1.09. The van der Waals surface area contributed by atoms with Crippen LogP contribution in [0.15, 0.2) is 42.5 Å². The molecule has 0 fully saturated rings. The molecule has 0 spiro atoms. The summed E-state index contributed by atoms with van der Waals surface area (Å²) >= 11 is 12.0.